The summed E-state index contributed by atoms with van der Waals surface area (Å²) >= 11 is 0. The highest BCUT2D eigenvalue weighted by molar-refractivity contribution is 14.0. The summed E-state index contributed by atoms with van der Waals surface area (Å²) in [6.07, 6.45) is 0.655. The Labute approximate surface area is 127 Å². The van der Waals surface area contributed by atoms with E-state index in [1.165, 1.54) is 0 Å². The molecule has 0 saturated carbocycles. The van der Waals surface area contributed by atoms with Gasteiger partial charge in [0.05, 0.1) is 12.3 Å². The number of rotatable bonds is 8. The van der Waals surface area contributed by atoms with E-state index in [2.05, 4.69) is 21.6 Å². The van der Waals surface area contributed by atoms with Gasteiger partial charge in [0.1, 0.15) is 0 Å². The van der Waals surface area contributed by atoms with Crippen LogP contribution in [0, 0.1) is 0 Å². The van der Waals surface area contributed by atoms with Crippen LogP contribution in [0.2, 0.25) is 0 Å². The van der Waals surface area contributed by atoms with Crippen molar-refractivity contribution in [3.63, 3.8) is 0 Å². The van der Waals surface area contributed by atoms with Gasteiger partial charge in [0, 0.05) is 13.1 Å². The first-order valence-corrected chi connectivity index (χ1v) is 7.18. The largest absolute Gasteiger partial charge is 0.370 e. The average molecular weight is 390 g/mol. The summed E-state index contributed by atoms with van der Waals surface area (Å²) in [4.78, 5) is 4.03. The monoisotopic (exact) mass is 390 g/mol. The molecule has 0 aliphatic rings. The molecule has 0 aliphatic carbocycles. The Kier molecular flexibility index (Phi) is 11.7. The minimum Gasteiger partial charge on any atom is -0.370 e. The fraction of sp³-hybridized carbons (Fsp3) is 0.700. The average Bonchev–Trinajstić information content (AvgIpc) is 2.25. The molecule has 0 amide bonds. The van der Waals surface area contributed by atoms with Gasteiger partial charge in [-0.05, 0) is 20.3 Å². The van der Waals surface area contributed by atoms with Crippen LogP contribution >= 0.6 is 24.0 Å². The Morgan fingerprint density at radius 1 is 1.39 bits per heavy atom. The number of hydrogen-bond acceptors (Lipinski definition) is 3. The molecule has 0 atom stereocenters. The number of nitrogens with one attached hydrogen (secondary N) is 2. The van der Waals surface area contributed by atoms with Crippen molar-refractivity contribution >= 4 is 40.0 Å². The lowest BCUT2D eigenvalue weighted by Gasteiger charge is -2.06. The van der Waals surface area contributed by atoms with Crippen molar-refractivity contribution in [1.82, 2.24) is 10.0 Å². The van der Waals surface area contributed by atoms with Crippen molar-refractivity contribution in [1.29, 1.82) is 0 Å². The Balaban J connectivity index is 0. The van der Waals surface area contributed by atoms with Crippen molar-refractivity contribution in [2.75, 3.05) is 25.4 Å². The molecule has 0 fully saturated rings. The van der Waals surface area contributed by atoms with Gasteiger partial charge in [-0.1, -0.05) is 12.2 Å². The van der Waals surface area contributed by atoms with E-state index in [1.807, 2.05) is 6.92 Å². The van der Waals surface area contributed by atoms with Gasteiger partial charge < -0.3 is 11.1 Å². The molecule has 0 saturated heterocycles. The molecule has 0 aromatic heterocycles. The maximum absolute atomic E-state index is 11.1. The second-order valence-electron chi connectivity index (χ2n) is 3.74. The van der Waals surface area contributed by atoms with E-state index in [0.717, 1.165) is 5.57 Å². The molecule has 0 bridgehead atoms. The van der Waals surface area contributed by atoms with Crippen LogP contribution in [0.1, 0.15) is 20.3 Å². The quantitative estimate of drug-likeness (QED) is 0.184. The molecule has 0 aliphatic heterocycles. The lowest BCUT2D eigenvalue weighted by molar-refractivity contribution is 0.579. The molecule has 6 nitrogen and oxygen atoms in total. The molecule has 4 N–H and O–H groups in total. The molecule has 0 rings (SSSR count). The van der Waals surface area contributed by atoms with Gasteiger partial charge in [-0.15, -0.1) is 24.0 Å². The van der Waals surface area contributed by atoms with Crippen LogP contribution in [0.15, 0.2) is 17.1 Å². The number of nitrogens with zero attached hydrogens (tertiary/aromatic N) is 1. The molecule has 0 heterocycles. The Bertz CT molecular complexity index is 368. The van der Waals surface area contributed by atoms with Crippen LogP contribution in [-0.2, 0) is 10.0 Å². The van der Waals surface area contributed by atoms with E-state index in [9.17, 15) is 8.42 Å². The molecule has 0 aromatic carbocycles. The zero-order valence-electron chi connectivity index (χ0n) is 10.9. The van der Waals surface area contributed by atoms with Crippen LogP contribution in [0.25, 0.3) is 0 Å². The zero-order valence-corrected chi connectivity index (χ0v) is 14.0. The minimum atomic E-state index is -3.09. The van der Waals surface area contributed by atoms with Crippen molar-refractivity contribution in [3.8, 4) is 0 Å². The molecular formula is C10H23IN4O2S. The normalized spacial score (nSPS) is 11.8. The van der Waals surface area contributed by atoms with Crippen LogP contribution < -0.4 is 15.8 Å². The van der Waals surface area contributed by atoms with Crippen LogP contribution in [0.5, 0.6) is 0 Å². The highest BCUT2D eigenvalue weighted by Gasteiger charge is 2.03. The summed E-state index contributed by atoms with van der Waals surface area (Å²) in [7, 11) is -3.09. The first-order chi connectivity index (χ1) is 7.87. The third-order valence-electron chi connectivity index (χ3n) is 1.88. The Morgan fingerprint density at radius 2 is 2.00 bits per heavy atom. The Morgan fingerprint density at radius 3 is 2.50 bits per heavy atom. The lowest BCUT2D eigenvalue weighted by atomic mass is 10.4. The molecule has 8 heteroatoms. The number of guanidine groups is 1. The third kappa shape index (κ3) is 12.1. The van der Waals surface area contributed by atoms with Crippen molar-refractivity contribution < 1.29 is 8.42 Å². The maximum atomic E-state index is 11.1. The predicted octanol–water partition coefficient (Wildman–Crippen LogP) is 0.414. The SMILES string of the molecule is C=C(C)CN=C(N)NCCCNS(=O)(=O)CC.I. The molecule has 0 aromatic rings. The van der Waals surface area contributed by atoms with E-state index < -0.39 is 10.0 Å². The summed E-state index contributed by atoms with van der Waals surface area (Å²) in [5.74, 6) is 0.453. The van der Waals surface area contributed by atoms with E-state index >= 15 is 0 Å². The minimum absolute atomic E-state index is 0. The van der Waals surface area contributed by atoms with Crippen LogP contribution in [-0.4, -0.2) is 39.8 Å². The topological polar surface area (TPSA) is 96.6 Å². The van der Waals surface area contributed by atoms with Gasteiger partial charge in [0.25, 0.3) is 0 Å². The maximum Gasteiger partial charge on any atom is 0.211 e. The molecule has 108 valence electrons. The van der Waals surface area contributed by atoms with Gasteiger partial charge in [-0.3, -0.25) is 0 Å². The standard InChI is InChI=1S/C10H22N4O2S.HI/c1-4-17(15,16)14-7-5-6-12-10(11)13-8-9(2)3;/h14H,2,4-8H2,1,3H3,(H3,11,12,13);1H. The molecule has 0 radical (unpaired) electrons. The highest BCUT2D eigenvalue weighted by atomic mass is 127. The van der Waals surface area contributed by atoms with Gasteiger partial charge in [0.15, 0.2) is 5.96 Å². The van der Waals surface area contributed by atoms with Gasteiger partial charge in [-0.25, -0.2) is 18.1 Å². The van der Waals surface area contributed by atoms with Gasteiger partial charge >= 0.3 is 0 Å². The van der Waals surface area contributed by atoms with Crippen molar-refractivity contribution in [3.05, 3.63) is 12.2 Å². The summed E-state index contributed by atoms with van der Waals surface area (Å²) in [6.45, 7) is 8.66. The van der Waals surface area contributed by atoms with E-state index in [1.54, 1.807) is 6.92 Å². The molecule has 0 spiro atoms. The number of halogens is 1. The van der Waals surface area contributed by atoms with Crippen LogP contribution in [0.3, 0.4) is 0 Å². The first kappa shape index (κ1) is 20.0. The third-order valence-corrected chi connectivity index (χ3v) is 3.29. The number of nitrogens with two attached hydrogens (primary N) is 1. The second-order valence-corrected chi connectivity index (χ2v) is 5.83. The fourth-order valence-corrected chi connectivity index (χ4v) is 1.57. The highest BCUT2D eigenvalue weighted by Crippen LogP contribution is 1.86. The molecular weight excluding hydrogens is 367 g/mol. The smallest absolute Gasteiger partial charge is 0.211 e. The van der Waals surface area contributed by atoms with Gasteiger partial charge in [-0.2, -0.15) is 0 Å². The molecule has 0 unspecified atom stereocenters. The fourth-order valence-electron chi connectivity index (χ4n) is 0.911. The number of aliphatic imine (C=N–C) groups is 1. The summed E-state index contributed by atoms with van der Waals surface area (Å²) in [5, 5.41) is 2.89. The summed E-state index contributed by atoms with van der Waals surface area (Å²) < 4.78 is 24.6. The Hall–Kier alpha value is -0.350. The number of sulfonamides is 1. The number of hydrogen-bond donors (Lipinski definition) is 3. The van der Waals surface area contributed by atoms with Crippen molar-refractivity contribution in [2.24, 2.45) is 10.7 Å². The van der Waals surface area contributed by atoms with Gasteiger partial charge in [0.2, 0.25) is 10.0 Å². The van der Waals surface area contributed by atoms with Crippen LogP contribution in [0.4, 0.5) is 0 Å². The summed E-state index contributed by atoms with van der Waals surface area (Å²) in [6, 6.07) is 0. The predicted molar refractivity (Wildman–Crippen MR) is 86.8 cm³/mol. The summed E-state index contributed by atoms with van der Waals surface area (Å²) in [5.41, 5.74) is 6.51. The van der Waals surface area contributed by atoms with Crippen molar-refractivity contribution in [2.45, 2.75) is 20.3 Å². The second kappa shape index (κ2) is 10.6. The first-order valence-electron chi connectivity index (χ1n) is 5.53. The molecule has 18 heavy (non-hydrogen) atoms. The van der Waals surface area contributed by atoms with E-state index in [-0.39, 0.29) is 29.7 Å². The zero-order chi connectivity index (χ0) is 13.3. The lowest BCUT2D eigenvalue weighted by Crippen LogP contribution is -2.35. The van der Waals surface area contributed by atoms with E-state index in [4.69, 9.17) is 5.73 Å². The van der Waals surface area contributed by atoms with E-state index in [0.29, 0.717) is 32.0 Å².